The van der Waals surface area contributed by atoms with E-state index in [0.29, 0.717) is 35.2 Å². The molecular formula is C25H26Cl2FN3O2S. The molecule has 0 saturated heterocycles. The Morgan fingerprint density at radius 2 is 1.82 bits per heavy atom. The molecule has 0 fully saturated rings. The second kappa shape index (κ2) is 12.2. The maximum Gasteiger partial charge on any atom is 0.322 e. The zero-order valence-electron chi connectivity index (χ0n) is 18.9. The van der Waals surface area contributed by atoms with E-state index in [0.717, 1.165) is 10.4 Å². The Labute approximate surface area is 213 Å². The highest BCUT2D eigenvalue weighted by Crippen LogP contribution is 2.26. The van der Waals surface area contributed by atoms with Gasteiger partial charge < -0.3 is 15.1 Å². The number of hydrogen-bond donors (Lipinski definition) is 1. The predicted octanol–water partition coefficient (Wildman–Crippen LogP) is 7.06. The van der Waals surface area contributed by atoms with E-state index in [2.05, 4.69) is 5.32 Å². The Hall–Kier alpha value is -2.61. The Bertz CT molecular complexity index is 1110. The minimum absolute atomic E-state index is 0.112. The molecule has 0 aliphatic rings. The Kier molecular flexibility index (Phi) is 9.33. The smallest absolute Gasteiger partial charge is 0.322 e. The number of halogens is 3. The first-order valence-electron chi connectivity index (χ1n) is 10.8. The second-order valence-corrected chi connectivity index (χ2v) is 9.77. The van der Waals surface area contributed by atoms with Crippen LogP contribution in [0.25, 0.3) is 0 Å². The van der Waals surface area contributed by atoms with Gasteiger partial charge in [-0.25, -0.2) is 9.18 Å². The van der Waals surface area contributed by atoms with Crippen molar-refractivity contribution in [1.82, 2.24) is 9.80 Å². The van der Waals surface area contributed by atoms with Crippen molar-refractivity contribution in [3.8, 4) is 0 Å². The van der Waals surface area contributed by atoms with Gasteiger partial charge in [-0.2, -0.15) is 0 Å². The molecule has 1 atom stereocenters. The molecule has 0 radical (unpaired) electrons. The van der Waals surface area contributed by atoms with E-state index in [9.17, 15) is 14.0 Å². The van der Waals surface area contributed by atoms with Crippen molar-refractivity contribution < 1.29 is 14.0 Å². The summed E-state index contributed by atoms with van der Waals surface area (Å²) in [6.45, 7) is 4.42. The minimum Gasteiger partial charge on any atom is -0.332 e. The number of thiophene rings is 1. The highest BCUT2D eigenvalue weighted by atomic mass is 35.5. The van der Waals surface area contributed by atoms with Crippen LogP contribution in [0.15, 0.2) is 60.0 Å². The third-order valence-electron chi connectivity index (χ3n) is 5.43. The summed E-state index contributed by atoms with van der Waals surface area (Å²) in [5.74, 6) is -0.546. The van der Waals surface area contributed by atoms with E-state index in [1.807, 2.05) is 31.4 Å². The first-order chi connectivity index (χ1) is 16.3. The van der Waals surface area contributed by atoms with Gasteiger partial charge in [-0.1, -0.05) is 48.3 Å². The number of carbonyl (C=O) groups is 2. The van der Waals surface area contributed by atoms with Crippen LogP contribution in [0.5, 0.6) is 0 Å². The summed E-state index contributed by atoms with van der Waals surface area (Å²) < 4.78 is 13.4. The molecule has 5 nitrogen and oxygen atoms in total. The van der Waals surface area contributed by atoms with Crippen LogP contribution < -0.4 is 5.32 Å². The van der Waals surface area contributed by atoms with E-state index in [4.69, 9.17) is 23.2 Å². The third-order valence-corrected chi connectivity index (χ3v) is 6.84. The zero-order chi connectivity index (χ0) is 24.7. The quantitative estimate of drug-likeness (QED) is 0.327. The fourth-order valence-corrected chi connectivity index (χ4v) is 4.48. The van der Waals surface area contributed by atoms with Crippen LogP contribution in [-0.2, 0) is 17.9 Å². The Morgan fingerprint density at radius 3 is 2.44 bits per heavy atom. The summed E-state index contributed by atoms with van der Waals surface area (Å²) >= 11 is 13.7. The molecule has 3 rings (SSSR count). The molecule has 180 valence electrons. The second-order valence-electron chi connectivity index (χ2n) is 7.90. The molecule has 0 spiro atoms. The number of hydrogen-bond acceptors (Lipinski definition) is 3. The van der Waals surface area contributed by atoms with Gasteiger partial charge >= 0.3 is 6.03 Å². The lowest BCUT2D eigenvalue weighted by atomic mass is 10.2. The number of urea groups is 1. The average molecular weight is 522 g/mol. The van der Waals surface area contributed by atoms with Gasteiger partial charge in [0.15, 0.2) is 0 Å². The molecule has 3 aromatic rings. The van der Waals surface area contributed by atoms with Crippen molar-refractivity contribution in [3.05, 3.63) is 86.3 Å². The number of nitrogens with one attached hydrogen (secondary N) is 1. The van der Waals surface area contributed by atoms with Gasteiger partial charge in [-0.15, -0.1) is 11.3 Å². The van der Waals surface area contributed by atoms with Crippen LogP contribution in [-0.4, -0.2) is 34.3 Å². The lowest BCUT2D eigenvalue weighted by Crippen LogP contribution is -2.47. The average Bonchev–Trinajstić information content (AvgIpc) is 3.32. The first kappa shape index (κ1) is 26.0. The van der Waals surface area contributed by atoms with E-state index in [-0.39, 0.29) is 24.3 Å². The molecule has 3 amide bonds. The van der Waals surface area contributed by atoms with E-state index in [1.165, 1.54) is 17.0 Å². The molecule has 34 heavy (non-hydrogen) atoms. The van der Waals surface area contributed by atoms with Crippen LogP contribution in [0.2, 0.25) is 10.0 Å². The van der Waals surface area contributed by atoms with Crippen LogP contribution in [0.4, 0.5) is 14.9 Å². The Morgan fingerprint density at radius 1 is 1.09 bits per heavy atom. The van der Waals surface area contributed by atoms with Crippen molar-refractivity contribution >= 4 is 52.2 Å². The molecule has 0 bridgehead atoms. The van der Waals surface area contributed by atoms with Crippen LogP contribution >= 0.6 is 34.5 Å². The predicted molar refractivity (Wildman–Crippen MR) is 137 cm³/mol. The fourth-order valence-electron chi connectivity index (χ4n) is 3.30. The number of benzene rings is 2. The van der Waals surface area contributed by atoms with Gasteiger partial charge in [0.2, 0.25) is 5.91 Å². The highest BCUT2D eigenvalue weighted by molar-refractivity contribution is 7.09. The van der Waals surface area contributed by atoms with Crippen molar-refractivity contribution in [1.29, 1.82) is 0 Å². The number of carbonyl (C=O) groups excluding carboxylic acids is 2. The van der Waals surface area contributed by atoms with Crippen molar-refractivity contribution in [2.45, 2.75) is 39.4 Å². The lowest BCUT2D eigenvalue weighted by molar-refractivity contribution is -0.133. The fraction of sp³-hybridized carbons (Fsp3) is 0.280. The topological polar surface area (TPSA) is 52.7 Å². The zero-order valence-corrected chi connectivity index (χ0v) is 21.3. The van der Waals surface area contributed by atoms with Gasteiger partial charge in [-0.05, 0) is 60.7 Å². The summed E-state index contributed by atoms with van der Waals surface area (Å²) in [4.78, 5) is 30.8. The molecule has 9 heteroatoms. The van der Waals surface area contributed by atoms with Crippen LogP contribution in [0.1, 0.15) is 30.7 Å². The molecular weight excluding hydrogens is 496 g/mol. The molecule has 1 aromatic heterocycles. The Balaban J connectivity index is 1.79. The summed E-state index contributed by atoms with van der Waals surface area (Å²) in [5, 5.41) is 5.51. The summed E-state index contributed by atoms with van der Waals surface area (Å²) in [6.07, 6.45) is 0.665. The van der Waals surface area contributed by atoms with E-state index < -0.39 is 6.03 Å². The third kappa shape index (κ3) is 7.19. The number of rotatable bonds is 9. The summed E-state index contributed by atoms with van der Waals surface area (Å²) in [7, 11) is 0. The van der Waals surface area contributed by atoms with Crippen molar-refractivity contribution in [3.63, 3.8) is 0 Å². The molecule has 0 saturated carbocycles. The monoisotopic (exact) mass is 521 g/mol. The minimum atomic E-state index is -0.426. The maximum atomic E-state index is 13.4. The number of nitrogens with zero attached hydrogens (tertiary/aromatic N) is 2. The molecule has 1 unspecified atom stereocenters. The largest absolute Gasteiger partial charge is 0.332 e. The maximum absolute atomic E-state index is 13.4. The summed E-state index contributed by atoms with van der Waals surface area (Å²) in [5.41, 5.74) is 1.22. The van der Waals surface area contributed by atoms with E-state index >= 15 is 0 Å². The standard InChI is InChI=1S/C25H26Cl2FN3O2S/c1-3-17(2)31(25(33)29-23-11-8-19(26)13-22(23)27)16-24(32)30(15-21-5-4-12-34-21)14-18-6-9-20(28)10-7-18/h4-13,17H,3,14-16H2,1-2H3,(H,29,33). The molecule has 0 aliphatic carbocycles. The number of amides is 3. The van der Waals surface area contributed by atoms with Crippen molar-refractivity contribution in [2.24, 2.45) is 0 Å². The lowest BCUT2D eigenvalue weighted by Gasteiger charge is -2.31. The molecule has 2 aromatic carbocycles. The van der Waals surface area contributed by atoms with E-state index in [1.54, 1.807) is 46.6 Å². The SMILES string of the molecule is CCC(C)N(CC(=O)N(Cc1ccc(F)cc1)Cc1cccs1)C(=O)Nc1ccc(Cl)cc1Cl. The van der Waals surface area contributed by atoms with Gasteiger partial charge in [0.05, 0.1) is 17.3 Å². The molecule has 0 aliphatic heterocycles. The molecule has 1 N–H and O–H groups in total. The van der Waals surface area contributed by atoms with Crippen LogP contribution in [0.3, 0.4) is 0 Å². The van der Waals surface area contributed by atoms with Gasteiger partial charge in [0, 0.05) is 22.5 Å². The first-order valence-corrected chi connectivity index (χ1v) is 12.5. The normalized spacial score (nSPS) is 11.7. The number of anilines is 1. The van der Waals surface area contributed by atoms with Crippen LogP contribution in [0, 0.1) is 5.82 Å². The highest BCUT2D eigenvalue weighted by Gasteiger charge is 2.26. The van der Waals surface area contributed by atoms with Gasteiger partial charge in [0.25, 0.3) is 0 Å². The summed E-state index contributed by atoms with van der Waals surface area (Å²) in [6, 6.07) is 14.1. The van der Waals surface area contributed by atoms with Crippen molar-refractivity contribution in [2.75, 3.05) is 11.9 Å². The van der Waals surface area contributed by atoms with Gasteiger partial charge in [-0.3, -0.25) is 4.79 Å². The van der Waals surface area contributed by atoms with Gasteiger partial charge in [0.1, 0.15) is 12.4 Å². The molecule has 1 heterocycles.